The van der Waals surface area contributed by atoms with E-state index in [1.165, 1.54) is 11.3 Å². The number of allylic oxidation sites excluding steroid dienone is 1. The van der Waals surface area contributed by atoms with Crippen molar-refractivity contribution in [2.75, 3.05) is 6.61 Å². The predicted octanol–water partition coefficient (Wildman–Crippen LogP) is 5.37. The number of thiazole rings is 1. The van der Waals surface area contributed by atoms with Crippen molar-refractivity contribution in [1.82, 2.24) is 4.57 Å². The summed E-state index contributed by atoms with van der Waals surface area (Å²) in [5, 5.41) is 1.04. The number of nitrogens with zero attached hydrogens (tertiary/aromatic N) is 2. The molecule has 0 saturated carbocycles. The molecule has 1 atom stereocenters. The Hall–Kier alpha value is -3.39. The highest BCUT2D eigenvalue weighted by atomic mass is 35.5. The van der Waals surface area contributed by atoms with E-state index in [2.05, 4.69) is 4.99 Å². The van der Waals surface area contributed by atoms with Gasteiger partial charge in [0.1, 0.15) is 11.5 Å². The average Bonchev–Trinajstić information content (AvgIpc) is 3.45. The Kier molecular flexibility index (Phi) is 6.71. The van der Waals surface area contributed by atoms with Crippen LogP contribution in [-0.2, 0) is 9.53 Å². The van der Waals surface area contributed by atoms with Gasteiger partial charge in [0.25, 0.3) is 5.56 Å². The van der Waals surface area contributed by atoms with Gasteiger partial charge in [-0.3, -0.25) is 9.36 Å². The van der Waals surface area contributed by atoms with E-state index < -0.39 is 12.0 Å². The first-order valence-electron chi connectivity index (χ1n) is 11.2. The first-order chi connectivity index (χ1) is 17.4. The van der Waals surface area contributed by atoms with E-state index in [9.17, 15) is 9.59 Å². The van der Waals surface area contributed by atoms with Crippen LogP contribution in [-0.4, -0.2) is 17.1 Å². The van der Waals surface area contributed by atoms with Crippen LogP contribution in [0.1, 0.15) is 31.2 Å². The summed E-state index contributed by atoms with van der Waals surface area (Å²) in [6.07, 6.45) is 1.66. The lowest BCUT2D eigenvalue weighted by molar-refractivity contribution is -0.139. The van der Waals surface area contributed by atoms with Gasteiger partial charge in [0.05, 0.1) is 33.5 Å². The number of aromatic nitrogens is 1. The number of furan rings is 1. The van der Waals surface area contributed by atoms with E-state index in [-0.39, 0.29) is 12.2 Å². The highest BCUT2D eigenvalue weighted by Crippen LogP contribution is 2.32. The zero-order valence-corrected chi connectivity index (χ0v) is 21.7. The number of hydrogen-bond acceptors (Lipinski definition) is 6. The fourth-order valence-electron chi connectivity index (χ4n) is 4.13. The van der Waals surface area contributed by atoms with Crippen molar-refractivity contribution < 1.29 is 13.9 Å². The van der Waals surface area contributed by atoms with Crippen LogP contribution in [0.2, 0.25) is 10.0 Å². The van der Waals surface area contributed by atoms with Crippen molar-refractivity contribution >= 4 is 46.6 Å². The topological polar surface area (TPSA) is 73.8 Å². The maximum atomic E-state index is 13.6. The van der Waals surface area contributed by atoms with E-state index in [1.807, 2.05) is 30.3 Å². The molecule has 3 heterocycles. The van der Waals surface area contributed by atoms with Gasteiger partial charge in [-0.05, 0) is 49.7 Å². The monoisotopic (exact) mass is 538 g/mol. The Morgan fingerprint density at radius 2 is 1.94 bits per heavy atom. The second kappa shape index (κ2) is 9.93. The van der Waals surface area contributed by atoms with Gasteiger partial charge < -0.3 is 9.15 Å². The third-order valence-corrected chi connectivity index (χ3v) is 7.27. The molecule has 0 fully saturated rings. The molecule has 4 aromatic rings. The van der Waals surface area contributed by atoms with Crippen LogP contribution < -0.4 is 14.9 Å². The van der Waals surface area contributed by atoms with Gasteiger partial charge >= 0.3 is 5.97 Å². The second-order valence-electron chi connectivity index (χ2n) is 8.04. The summed E-state index contributed by atoms with van der Waals surface area (Å²) in [6, 6.07) is 17.4. The third-order valence-electron chi connectivity index (χ3n) is 5.73. The minimum atomic E-state index is -0.652. The highest BCUT2D eigenvalue weighted by molar-refractivity contribution is 7.07. The Bertz CT molecular complexity index is 1680. The summed E-state index contributed by atoms with van der Waals surface area (Å²) in [5.41, 5.74) is 2.03. The number of rotatable bonds is 5. The van der Waals surface area contributed by atoms with Crippen molar-refractivity contribution in [3.05, 3.63) is 113 Å². The van der Waals surface area contributed by atoms with Crippen LogP contribution in [0.25, 0.3) is 17.4 Å². The van der Waals surface area contributed by atoms with Gasteiger partial charge in [0, 0.05) is 16.7 Å². The summed E-state index contributed by atoms with van der Waals surface area (Å²) < 4.78 is 13.2. The summed E-state index contributed by atoms with van der Waals surface area (Å²) in [6.45, 7) is 3.72. The van der Waals surface area contributed by atoms with Gasteiger partial charge in [-0.15, -0.1) is 0 Å². The summed E-state index contributed by atoms with van der Waals surface area (Å²) >= 11 is 13.7. The molecule has 1 aliphatic rings. The van der Waals surface area contributed by atoms with Crippen molar-refractivity contribution in [3.8, 4) is 11.3 Å². The number of halogens is 2. The molecule has 0 unspecified atom stereocenters. The molecule has 6 nitrogen and oxygen atoms in total. The largest absolute Gasteiger partial charge is 0.463 e. The summed E-state index contributed by atoms with van der Waals surface area (Å²) in [4.78, 5) is 31.6. The van der Waals surface area contributed by atoms with Crippen molar-refractivity contribution in [2.24, 2.45) is 4.99 Å². The SMILES string of the molecule is CCOC(=O)C1=C(C)N=c2s/c(=C\c3ccc(-c4cc(Cl)ccc4Cl)o3)c(=O)n2[C@H]1c1ccccc1. The number of carbonyl (C=O) groups excluding carboxylic acids is 1. The standard InChI is InChI=1S/C27H20Cl2N2O4S/c1-3-34-26(33)23-15(2)30-27-31(24(23)16-7-5-4-6-8-16)25(32)22(36-27)14-18-10-12-21(35-18)19-13-17(28)9-11-20(19)29/h4-14,24H,3H2,1-2H3/b22-14-/t24-/m0/s1. The maximum absolute atomic E-state index is 13.6. The average molecular weight is 539 g/mol. The van der Waals surface area contributed by atoms with Crippen LogP contribution in [0.3, 0.4) is 0 Å². The molecule has 0 amide bonds. The summed E-state index contributed by atoms with van der Waals surface area (Å²) in [5.74, 6) is 0.518. The summed E-state index contributed by atoms with van der Waals surface area (Å²) in [7, 11) is 0. The van der Waals surface area contributed by atoms with Crippen molar-refractivity contribution in [1.29, 1.82) is 0 Å². The van der Waals surface area contributed by atoms with E-state index in [0.717, 1.165) is 5.56 Å². The van der Waals surface area contributed by atoms with Gasteiger partial charge in [0.2, 0.25) is 0 Å². The number of fused-ring (bicyclic) bond motifs is 1. The maximum Gasteiger partial charge on any atom is 0.338 e. The first kappa shape index (κ1) is 24.3. The fourth-order valence-corrected chi connectivity index (χ4v) is 5.54. The smallest absolute Gasteiger partial charge is 0.338 e. The van der Waals surface area contributed by atoms with Crippen LogP contribution in [0.5, 0.6) is 0 Å². The predicted molar refractivity (Wildman–Crippen MR) is 141 cm³/mol. The fraction of sp³-hybridized carbons (Fsp3) is 0.148. The van der Waals surface area contributed by atoms with Gasteiger partial charge in [0.15, 0.2) is 4.80 Å². The molecular formula is C27H20Cl2N2O4S. The Morgan fingerprint density at radius 1 is 1.17 bits per heavy atom. The first-order valence-corrected chi connectivity index (χ1v) is 12.7. The highest BCUT2D eigenvalue weighted by Gasteiger charge is 2.33. The lowest BCUT2D eigenvalue weighted by atomic mass is 9.96. The number of benzene rings is 2. The minimum Gasteiger partial charge on any atom is -0.463 e. The molecule has 1 aliphatic heterocycles. The Balaban J connectivity index is 1.64. The molecule has 0 bridgehead atoms. The van der Waals surface area contributed by atoms with Gasteiger partial charge in [-0.25, -0.2) is 9.79 Å². The van der Waals surface area contributed by atoms with Crippen molar-refractivity contribution in [2.45, 2.75) is 19.9 Å². The van der Waals surface area contributed by atoms with E-state index >= 15 is 0 Å². The molecule has 0 saturated heterocycles. The van der Waals surface area contributed by atoms with E-state index in [4.69, 9.17) is 32.4 Å². The lowest BCUT2D eigenvalue weighted by Crippen LogP contribution is -2.39. The minimum absolute atomic E-state index is 0.221. The molecule has 2 aromatic heterocycles. The van der Waals surface area contributed by atoms with Crippen molar-refractivity contribution in [3.63, 3.8) is 0 Å². The van der Waals surface area contributed by atoms with Gasteiger partial charge in [-0.2, -0.15) is 0 Å². The molecule has 0 aliphatic carbocycles. The number of ether oxygens (including phenoxy) is 1. The Labute approximate surface area is 220 Å². The van der Waals surface area contributed by atoms with Crippen LogP contribution >= 0.6 is 34.5 Å². The second-order valence-corrected chi connectivity index (χ2v) is 9.89. The molecular weight excluding hydrogens is 519 g/mol. The zero-order chi connectivity index (χ0) is 25.4. The van der Waals surface area contributed by atoms with Crippen LogP contribution in [0, 0.1) is 0 Å². The zero-order valence-electron chi connectivity index (χ0n) is 19.3. The molecule has 2 aromatic carbocycles. The van der Waals surface area contributed by atoms with E-state index in [0.29, 0.717) is 47.7 Å². The van der Waals surface area contributed by atoms with E-state index in [1.54, 1.807) is 54.8 Å². The quantitative estimate of drug-likeness (QED) is 0.320. The number of carbonyl (C=O) groups is 1. The Morgan fingerprint density at radius 3 is 2.69 bits per heavy atom. The van der Waals surface area contributed by atoms with Crippen LogP contribution in [0.15, 0.2) is 86.1 Å². The normalized spacial score (nSPS) is 15.6. The molecule has 0 radical (unpaired) electrons. The lowest BCUT2D eigenvalue weighted by Gasteiger charge is -2.24. The molecule has 5 rings (SSSR count). The number of esters is 1. The molecule has 0 N–H and O–H groups in total. The van der Waals surface area contributed by atoms with Crippen LogP contribution in [0.4, 0.5) is 0 Å². The third kappa shape index (κ3) is 4.46. The number of hydrogen-bond donors (Lipinski definition) is 0. The van der Waals surface area contributed by atoms with Gasteiger partial charge in [-0.1, -0.05) is 64.9 Å². The molecule has 36 heavy (non-hydrogen) atoms. The molecule has 9 heteroatoms. The molecule has 182 valence electrons. The molecule has 0 spiro atoms.